The first-order valence-electron chi connectivity index (χ1n) is 3.91. The molecule has 1 amide bonds. The molecule has 2 aromatic heterocycles. The number of hydrogen-bond donors (Lipinski definition) is 2. The molecule has 2 aromatic rings. The van der Waals surface area contributed by atoms with E-state index in [1.807, 2.05) is 0 Å². The molecule has 2 heterocycles. The van der Waals surface area contributed by atoms with Crippen molar-refractivity contribution in [3.05, 3.63) is 22.6 Å². The Morgan fingerprint density at radius 1 is 1.64 bits per heavy atom. The van der Waals surface area contributed by atoms with Gasteiger partial charge in [-0.25, -0.2) is 4.98 Å². The average molecular weight is 193 g/mol. The summed E-state index contributed by atoms with van der Waals surface area (Å²) in [5.41, 5.74) is 0.334. The van der Waals surface area contributed by atoms with Crippen molar-refractivity contribution in [2.45, 2.75) is 6.92 Å². The van der Waals surface area contributed by atoms with E-state index in [2.05, 4.69) is 15.5 Å². The molecule has 0 aliphatic carbocycles. The second kappa shape index (κ2) is 2.99. The van der Waals surface area contributed by atoms with Gasteiger partial charge in [-0.15, -0.1) is 0 Å². The second-order valence-corrected chi connectivity index (χ2v) is 2.79. The van der Waals surface area contributed by atoms with Gasteiger partial charge in [0.1, 0.15) is 5.39 Å². The summed E-state index contributed by atoms with van der Waals surface area (Å²) in [4.78, 5) is 25.7. The quantitative estimate of drug-likeness (QED) is 0.689. The summed E-state index contributed by atoms with van der Waals surface area (Å²) in [6.07, 6.45) is 1.42. The van der Waals surface area contributed by atoms with E-state index in [0.717, 1.165) is 0 Å². The largest absolute Gasteiger partial charge is 0.358 e. The van der Waals surface area contributed by atoms with Gasteiger partial charge in [0, 0.05) is 6.92 Å². The van der Waals surface area contributed by atoms with Crippen LogP contribution >= 0.6 is 0 Å². The van der Waals surface area contributed by atoms with Crippen LogP contribution in [0.15, 0.2) is 21.6 Å². The maximum atomic E-state index is 11.1. The van der Waals surface area contributed by atoms with E-state index in [-0.39, 0.29) is 17.2 Å². The van der Waals surface area contributed by atoms with E-state index < -0.39 is 0 Å². The van der Waals surface area contributed by atoms with E-state index >= 15 is 0 Å². The van der Waals surface area contributed by atoms with Gasteiger partial charge in [-0.1, -0.05) is 0 Å². The SMILES string of the molecule is CC(=O)Nc1cnc2o[nH]c(=O)c2c1. The van der Waals surface area contributed by atoms with Crippen molar-refractivity contribution in [2.75, 3.05) is 5.32 Å². The molecule has 0 aliphatic heterocycles. The van der Waals surface area contributed by atoms with Crippen LogP contribution in [-0.2, 0) is 4.79 Å². The second-order valence-electron chi connectivity index (χ2n) is 2.79. The Hall–Kier alpha value is -2.11. The highest BCUT2D eigenvalue weighted by Gasteiger charge is 2.05. The topological polar surface area (TPSA) is 88.0 Å². The number of anilines is 1. The van der Waals surface area contributed by atoms with Crippen LogP contribution in [0, 0.1) is 0 Å². The van der Waals surface area contributed by atoms with Gasteiger partial charge in [0.15, 0.2) is 0 Å². The molecule has 0 atom stereocenters. The number of hydrogen-bond acceptors (Lipinski definition) is 4. The monoisotopic (exact) mass is 193 g/mol. The van der Waals surface area contributed by atoms with Gasteiger partial charge in [0.25, 0.3) is 11.3 Å². The van der Waals surface area contributed by atoms with Gasteiger partial charge in [0.05, 0.1) is 11.9 Å². The molecule has 6 heteroatoms. The fourth-order valence-corrected chi connectivity index (χ4v) is 1.12. The lowest BCUT2D eigenvalue weighted by Gasteiger charge is -1.98. The van der Waals surface area contributed by atoms with Gasteiger partial charge in [0.2, 0.25) is 5.91 Å². The molecule has 2 rings (SSSR count). The fraction of sp³-hybridized carbons (Fsp3) is 0.125. The summed E-state index contributed by atoms with van der Waals surface area (Å²) >= 11 is 0. The standard InChI is InChI=1S/C8H7N3O3/c1-4(12)10-5-2-6-7(13)11-14-8(6)9-3-5/h2-3H,1H3,(H,10,12)(H,11,13). The van der Waals surface area contributed by atoms with E-state index in [1.165, 1.54) is 19.2 Å². The number of rotatable bonds is 1. The van der Waals surface area contributed by atoms with Crippen molar-refractivity contribution in [1.29, 1.82) is 0 Å². The van der Waals surface area contributed by atoms with E-state index in [1.54, 1.807) is 0 Å². The molecule has 0 fully saturated rings. The highest BCUT2D eigenvalue weighted by molar-refractivity contribution is 5.90. The Bertz CT molecular complexity index is 540. The van der Waals surface area contributed by atoms with Crippen molar-refractivity contribution < 1.29 is 9.32 Å². The molecule has 2 N–H and O–H groups in total. The fourth-order valence-electron chi connectivity index (χ4n) is 1.12. The summed E-state index contributed by atoms with van der Waals surface area (Å²) in [5.74, 6) is -0.217. The van der Waals surface area contributed by atoms with Gasteiger partial charge in [-0.3, -0.25) is 9.59 Å². The average Bonchev–Trinajstić information content (AvgIpc) is 2.47. The number of nitrogens with one attached hydrogen (secondary N) is 2. The van der Waals surface area contributed by atoms with Crippen LogP contribution in [-0.4, -0.2) is 16.0 Å². The maximum absolute atomic E-state index is 11.1. The lowest BCUT2D eigenvalue weighted by atomic mass is 10.3. The van der Waals surface area contributed by atoms with Crippen molar-refractivity contribution in [3.63, 3.8) is 0 Å². The Morgan fingerprint density at radius 2 is 2.43 bits per heavy atom. The number of pyridine rings is 1. The van der Waals surface area contributed by atoms with Gasteiger partial charge < -0.3 is 9.84 Å². The lowest BCUT2D eigenvalue weighted by molar-refractivity contribution is -0.114. The first-order chi connectivity index (χ1) is 6.66. The maximum Gasteiger partial charge on any atom is 0.289 e. The summed E-state index contributed by atoms with van der Waals surface area (Å²) in [6.45, 7) is 1.38. The third kappa shape index (κ3) is 1.37. The molecular formula is C8H7N3O3. The van der Waals surface area contributed by atoms with Gasteiger partial charge >= 0.3 is 0 Å². The highest BCUT2D eigenvalue weighted by Crippen LogP contribution is 2.12. The van der Waals surface area contributed by atoms with Crippen LogP contribution in [0.2, 0.25) is 0 Å². The molecule has 0 aliphatic rings. The molecule has 0 saturated carbocycles. The molecule has 0 bridgehead atoms. The number of amides is 1. The molecule has 0 unspecified atom stereocenters. The van der Waals surface area contributed by atoms with Crippen LogP contribution in [0.3, 0.4) is 0 Å². The van der Waals surface area contributed by atoms with Crippen LogP contribution in [0.1, 0.15) is 6.92 Å². The predicted octanol–water partition coefficient (Wildman–Crippen LogP) is 0.474. The minimum Gasteiger partial charge on any atom is -0.358 e. The Morgan fingerprint density at radius 3 is 3.14 bits per heavy atom. The molecule has 14 heavy (non-hydrogen) atoms. The molecular weight excluding hydrogens is 186 g/mol. The number of fused-ring (bicyclic) bond motifs is 1. The molecule has 6 nitrogen and oxygen atoms in total. The molecule has 0 radical (unpaired) electrons. The van der Waals surface area contributed by atoms with Crippen LogP contribution in [0.5, 0.6) is 0 Å². The number of carbonyl (C=O) groups excluding carboxylic acids is 1. The lowest BCUT2D eigenvalue weighted by Crippen LogP contribution is -2.06. The number of carbonyl (C=O) groups is 1. The van der Waals surface area contributed by atoms with E-state index in [4.69, 9.17) is 4.52 Å². The van der Waals surface area contributed by atoms with Crippen LogP contribution in [0.4, 0.5) is 5.69 Å². The predicted molar refractivity (Wildman–Crippen MR) is 48.9 cm³/mol. The minimum absolute atomic E-state index is 0.217. The third-order valence-electron chi connectivity index (χ3n) is 1.66. The van der Waals surface area contributed by atoms with E-state index in [9.17, 15) is 9.59 Å². The normalized spacial score (nSPS) is 10.4. The van der Waals surface area contributed by atoms with Crippen molar-refractivity contribution >= 4 is 22.7 Å². The first kappa shape index (κ1) is 8.49. The summed E-state index contributed by atoms with van der Waals surface area (Å²) in [7, 11) is 0. The zero-order valence-electron chi connectivity index (χ0n) is 7.33. The summed E-state index contributed by atoms with van der Waals surface area (Å²) in [5, 5.41) is 4.99. The van der Waals surface area contributed by atoms with Gasteiger partial charge in [-0.05, 0) is 6.07 Å². The molecule has 72 valence electrons. The Balaban J connectivity index is 2.54. The zero-order chi connectivity index (χ0) is 10.1. The molecule has 0 spiro atoms. The molecule has 0 saturated heterocycles. The van der Waals surface area contributed by atoms with Crippen molar-refractivity contribution in [1.82, 2.24) is 10.1 Å². The Kier molecular flexibility index (Phi) is 1.81. The molecule has 0 aromatic carbocycles. The number of aromatic amines is 1. The third-order valence-corrected chi connectivity index (χ3v) is 1.66. The number of aromatic nitrogens is 2. The Labute approximate surface area is 77.9 Å². The van der Waals surface area contributed by atoms with Gasteiger partial charge in [-0.2, -0.15) is 5.16 Å². The minimum atomic E-state index is -0.361. The van der Waals surface area contributed by atoms with Crippen LogP contribution < -0.4 is 10.9 Å². The number of H-pyrrole nitrogens is 1. The van der Waals surface area contributed by atoms with Crippen molar-refractivity contribution in [2.24, 2.45) is 0 Å². The van der Waals surface area contributed by atoms with Crippen molar-refractivity contribution in [3.8, 4) is 0 Å². The van der Waals surface area contributed by atoms with E-state index in [0.29, 0.717) is 11.1 Å². The first-order valence-corrected chi connectivity index (χ1v) is 3.91. The summed E-state index contributed by atoms with van der Waals surface area (Å²) in [6, 6.07) is 1.51. The highest BCUT2D eigenvalue weighted by atomic mass is 16.5. The smallest absolute Gasteiger partial charge is 0.289 e. The van der Waals surface area contributed by atoms with Crippen LogP contribution in [0.25, 0.3) is 11.1 Å². The number of nitrogens with zero attached hydrogens (tertiary/aromatic N) is 1. The summed E-state index contributed by atoms with van der Waals surface area (Å²) < 4.78 is 4.75. The zero-order valence-corrected chi connectivity index (χ0v) is 7.33.